The molecule has 147 valence electrons. The van der Waals surface area contributed by atoms with Gasteiger partial charge in [-0.25, -0.2) is 0 Å². The highest BCUT2D eigenvalue weighted by molar-refractivity contribution is 5.69. The molecule has 1 fully saturated rings. The second-order valence-corrected chi connectivity index (χ2v) is 7.61. The van der Waals surface area contributed by atoms with Crippen LogP contribution in [0.2, 0.25) is 0 Å². The lowest BCUT2D eigenvalue weighted by Crippen LogP contribution is -2.23. The van der Waals surface area contributed by atoms with Crippen molar-refractivity contribution in [3.05, 3.63) is 6.54 Å². The smallest absolute Gasteiger partial charge is 0.306 e. The molecular weight excluding hydrogens is 310 g/mol. The lowest BCUT2D eigenvalue weighted by atomic mass is 10.0. The van der Waals surface area contributed by atoms with Crippen LogP contribution in [-0.2, 0) is 9.53 Å². The van der Waals surface area contributed by atoms with Crippen molar-refractivity contribution in [1.82, 2.24) is 4.90 Å². The first-order valence-electron chi connectivity index (χ1n) is 11.0. The first-order chi connectivity index (χ1) is 12.3. The molecule has 0 aromatic heterocycles. The number of carbonyl (C=O) groups is 1. The third-order valence-corrected chi connectivity index (χ3v) is 5.25. The number of hydrogen-bond acceptors (Lipinski definition) is 3. The van der Waals surface area contributed by atoms with Gasteiger partial charge < -0.3 is 4.74 Å². The van der Waals surface area contributed by atoms with E-state index in [0.717, 1.165) is 25.9 Å². The van der Waals surface area contributed by atoms with Crippen molar-refractivity contribution >= 4 is 5.97 Å². The van der Waals surface area contributed by atoms with Crippen LogP contribution in [0.3, 0.4) is 0 Å². The van der Waals surface area contributed by atoms with E-state index in [1.165, 1.54) is 77.0 Å². The van der Waals surface area contributed by atoms with Crippen molar-refractivity contribution in [1.29, 1.82) is 0 Å². The summed E-state index contributed by atoms with van der Waals surface area (Å²) in [6.45, 7) is 8.45. The van der Waals surface area contributed by atoms with Gasteiger partial charge in [-0.15, -0.1) is 0 Å². The molecule has 25 heavy (non-hydrogen) atoms. The minimum absolute atomic E-state index is 0.000531. The molecule has 3 heteroatoms. The summed E-state index contributed by atoms with van der Waals surface area (Å²) in [4.78, 5) is 14.1. The summed E-state index contributed by atoms with van der Waals surface area (Å²) in [5.41, 5.74) is 0. The van der Waals surface area contributed by atoms with Gasteiger partial charge in [0.05, 0.1) is 0 Å². The number of rotatable bonds is 16. The number of nitrogens with zero attached hydrogens (tertiary/aromatic N) is 1. The van der Waals surface area contributed by atoms with E-state index in [1.807, 2.05) is 0 Å². The largest absolute Gasteiger partial charge is 0.461 e. The highest BCUT2D eigenvalue weighted by atomic mass is 16.5. The average Bonchev–Trinajstić information content (AvgIpc) is 3.06. The van der Waals surface area contributed by atoms with Crippen LogP contribution >= 0.6 is 0 Å². The highest BCUT2D eigenvalue weighted by Gasteiger charge is 2.24. The SMILES string of the molecule is CCCCCCCCCCCCCCCC(=O)OC1C[CH]N(CC)C1. The maximum atomic E-state index is 11.8. The lowest BCUT2D eigenvalue weighted by Gasteiger charge is -2.13. The standard InChI is InChI=1S/C22H42NO2/c1-3-5-6-7-8-9-10-11-12-13-14-15-16-17-22(24)25-21-18-19-23(4-2)20-21/h19,21H,3-18,20H2,1-2H3. The van der Waals surface area contributed by atoms with Gasteiger partial charge in [0.1, 0.15) is 6.10 Å². The molecule has 1 aliphatic rings. The van der Waals surface area contributed by atoms with E-state index in [1.54, 1.807) is 0 Å². The number of ether oxygens (including phenoxy) is 1. The van der Waals surface area contributed by atoms with Crippen molar-refractivity contribution in [2.75, 3.05) is 13.1 Å². The molecule has 1 aliphatic heterocycles. The summed E-state index contributed by atoms with van der Waals surface area (Å²) < 4.78 is 5.54. The molecular formula is C22H42NO2. The molecule has 0 aromatic carbocycles. The van der Waals surface area contributed by atoms with Crippen LogP contribution in [-0.4, -0.2) is 30.1 Å². The number of carbonyl (C=O) groups excluding carboxylic acids is 1. The minimum atomic E-state index is -0.000531. The summed E-state index contributed by atoms with van der Waals surface area (Å²) in [6, 6.07) is 0. The Balaban J connectivity index is 1.79. The molecule has 3 nitrogen and oxygen atoms in total. The number of likely N-dealkylation sites (tertiary alicyclic amines) is 1. The lowest BCUT2D eigenvalue weighted by molar-refractivity contribution is -0.148. The van der Waals surface area contributed by atoms with E-state index in [2.05, 4.69) is 25.3 Å². The first-order valence-corrected chi connectivity index (χ1v) is 11.0. The number of unbranched alkanes of at least 4 members (excludes halogenated alkanes) is 12. The van der Waals surface area contributed by atoms with Gasteiger partial charge in [0.15, 0.2) is 0 Å². The number of esters is 1. The van der Waals surface area contributed by atoms with Crippen molar-refractivity contribution in [3.8, 4) is 0 Å². The summed E-state index contributed by atoms with van der Waals surface area (Å²) in [5.74, 6) is -0.000531. The van der Waals surface area contributed by atoms with Crippen molar-refractivity contribution in [2.45, 2.75) is 116 Å². The molecule has 1 atom stereocenters. The van der Waals surface area contributed by atoms with Crippen molar-refractivity contribution in [2.24, 2.45) is 0 Å². The molecule has 0 N–H and O–H groups in total. The van der Waals surface area contributed by atoms with Gasteiger partial charge in [0, 0.05) is 25.9 Å². The Labute approximate surface area is 156 Å². The number of likely N-dealkylation sites (N-methyl/N-ethyl adjacent to an activating group) is 1. The van der Waals surface area contributed by atoms with Crippen molar-refractivity contribution in [3.63, 3.8) is 0 Å². The first kappa shape index (κ1) is 22.5. The second kappa shape index (κ2) is 15.7. The van der Waals surface area contributed by atoms with Crippen LogP contribution in [0.5, 0.6) is 0 Å². The van der Waals surface area contributed by atoms with Gasteiger partial charge in [0.2, 0.25) is 0 Å². The maximum Gasteiger partial charge on any atom is 0.306 e. The monoisotopic (exact) mass is 352 g/mol. The zero-order valence-electron chi connectivity index (χ0n) is 16.9. The predicted octanol–water partition coefficient (Wildman–Crippen LogP) is 6.27. The summed E-state index contributed by atoms with van der Waals surface area (Å²) in [6.07, 6.45) is 18.9. The molecule has 1 rings (SSSR count). The molecule has 0 aromatic rings. The van der Waals surface area contributed by atoms with Crippen LogP contribution in [0.25, 0.3) is 0 Å². The van der Waals surface area contributed by atoms with Gasteiger partial charge in [-0.05, 0) is 13.0 Å². The van der Waals surface area contributed by atoms with Gasteiger partial charge in [-0.3, -0.25) is 9.69 Å². The molecule has 1 heterocycles. The maximum absolute atomic E-state index is 11.8. The Morgan fingerprint density at radius 2 is 1.40 bits per heavy atom. The van der Waals surface area contributed by atoms with Crippen LogP contribution in [0, 0.1) is 6.54 Å². The van der Waals surface area contributed by atoms with E-state index in [9.17, 15) is 4.79 Å². The Morgan fingerprint density at radius 1 is 0.880 bits per heavy atom. The Kier molecular flexibility index (Phi) is 14.1. The fourth-order valence-corrected chi connectivity index (χ4v) is 3.55. The Morgan fingerprint density at radius 3 is 1.88 bits per heavy atom. The van der Waals surface area contributed by atoms with Crippen LogP contribution in [0.4, 0.5) is 0 Å². The second-order valence-electron chi connectivity index (χ2n) is 7.61. The van der Waals surface area contributed by atoms with Gasteiger partial charge in [0.25, 0.3) is 0 Å². The molecule has 0 aliphatic carbocycles. The third-order valence-electron chi connectivity index (χ3n) is 5.25. The summed E-state index contributed by atoms with van der Waals surface area (Å²) in [7, 11) is 0. The topological polar surface area (TPSA) is 29.5 Å². The molecule has 0 spiro atoms. The van der Waals surface area contributed by atoms with Crippen molar-refractivity contribution < 1.29 is 9.53 Å². The van der Waals surface area contributed by atoms with E-state index in [0.29, 0.717) is 6.42 Å². The zero-order valence-corrected chi connectivity index (χ0v) is 16.9. The average molecular weight is 353 g/mol. The van der Waals surface area contributed by atoms with E-state index < -0.39 is 0 Å². The molecule has 0 bridgehead atoms. The van der Waals surface area contributed by atoms with Gasteiger partial charge >= 0.3 is 5.97 Å². The van der Waals surface area contributed by atoms with Crippen LogP contribution < -0.4 is 0 Å². The predicted molar refractivity (Wildman–Crippen MR) is 106 cm³/mol. The van der Waals surface area contributed by atoms with E-state index in [-0.39, 0.29) is 12.1 Å². The van der Waals surface area contributed by atoms with E-state index >= 15 is 0 Å². The highest BCUT2D eigenvalue weighted by Crippen LogP contribution is 2.17. The fourth-order valence-electron chi connectivity index (χ4n) is 3.55. The molecule has 1 saturated heterocycles. The van der Waals surface area contributed by atoms with E-state index in [4.69, 9.17) is 4.74 Å². The molecule has 0 amide bonds. The van der Waals surface area contributed by atoms with Crippen LogP contribution in [0.15, 0.2) is 0 Å². The Bertz CT molecular complexity index is 319. The third kappa shape index (κ3) is 12.4. The fraction of sp³-hybridized carbons (Fsp3) is 0.909. The normalized spacial score (nSPS) is 17.9. The quantitative estimate of drug-likeness (QED) is 0.242. The molecule has 0 saturated carbocycles. The van der Waals surface area contributed by atoms with Crippen LogP contribution in [0.1, 0.15) is 110 Å². The molecule has 1 radical (unpaired) electrons. The Hall–Kier alpha value is -0.570. The molecule has 1 unspecified atom stereocenters. The van der Waals surface area contributed by atoms with Gasteiger partial charge in [-0.1, -0.05) is 90.9 Å². The van der Waals surface area contributed by atoms with Gasteiger partial charge in [-0.2, -0.15) is 0 Å². The summed E-state index contributed by atoms with van der Waals surface area (Å²) >= 11 is 0. The zero-order chi connectivity index (χ0) is 18.2. The number of hydrogen-bond donors (Lipinski definition) is 0. The minimum Gasteiger partial charge on any atom is -0.461 e. The summed E-state index contributed by atoms with van der Waals surface area (Å²) in [5, 5.41) is 0.